The first kappa shape index (κ1) is 9.15. The van der Waals surface area contributed by atoms with Crippen molar-refractivity contribution in [1.29, 1.82) is 0 Å². The third kappa shape index (κ3) is 1.80. The number of hydrogen-bond acceptors (Lipinski definition) is 4. The van der Waals surface area contributed by atoms with Crippen molar-refractivity contribution in [1.82, 2.24) is 4.98 Å². The highest BCUT2D eigenvalue weighted by Crippen LogP contribution is 2.21. The van der Waals surface area contributed by atoms with E-state index in [1.165, 1.54) is 0 Å². The van der Waals surface area contributed by atoms with Crippen LogP contribution in [0.4, 0.5) is 0 Å². The van der Waals surface area contributed by atoms with Gasteiger partial charge in [-0.2, -0.15) is 0 Å². The summed E-state index contributed by atoms with van der Waals surface area (Å²) in [7, 11) is 0. The van der Waals surface area contributed by atoms with E-state index < -0.39 is 11.5 Å². The minimum Gasteiger partial charge on any atom is -0.384 e. The van der Waals surface area contributed by atoms with Crippen molar-refractivity contribution in [2.45, 2.75) is 19.4 Å². The number of amides is 1. The molecule has 66 valence electrons. The molecule has 0 aliphatic rings. The first-order chi connectivity index (χ1) is 5.41. The molecule has 1 aromatic rings. The minimum atomic E-state index is -1.01. The molecule has 1 rings (SSSR count). The van der Waals surface area contributed by atoms with Crippen molar-refractivity contribution in [2.24, 2.45) is 5.73 Å². The standard InChI is InChI=1S/C7H10N2O2S/c1-7(2,11)4-3-12-6(9-4)5(8)10/h3,11H,1-2H3,(H2,8,10). The van der Waals surface area contributed by atoms with Crippen LogP contribution >= 0.6 is 11.3 Å². The van der Waals surface area contributed by atoms with Gasteiger partial charge in [-0.15, -0.1) is 11.3 Å². The van der Waals surface area contributed by atoms with Gasteiger partial charge >= 0.3 is 0 Å². The lowest BCUT2D eigenvalue weighted by molar-refractivity contribution is 0.0743. The van der Waals surface area contributed by atoms with E-state index in [0.717, 1.165) is 11.3 Å². The smallest absolute Gasteiger partial charge is 0.277 e. The Morgan fingerprint density at radius 3 is 2.58 bits per heavy atom. The number of aliphatic hydroxyl groups is 1. The molecule has 0 unspecified atom stereocenters. The molecule has 0 bridgehead atoms. The number of thiazole rings is 1. The Bertz CT molecular complexity index is 301. The zero-order valence-corrected chi connectivity index (χ0v) is 7.68. The second-order valence-corrected chi connectivity index (χ2v) is 3.82. The van der Waals surface area contributed by atoms with Gasteiger partial charge in [-0.3, -0.25) is 4.79 Å². The maximum absolute atomic E-state index is 10.6. The number of hydrogen-bond donors (Lipinski definition) is 2. The summed E-state index contributed by atoms with van der Waals surface area (Å²) in [6, 6.07) is 0. The van der Waals surface area contributed by atoms with Crippen molar-refractivity contribution < 1.29 is 9.90 Å². The van der Waals surface area contributed by atoms with Gasteiger partial charge in [0.15, 0.2) is 5.01 Å². The summed E-state index contributed by atoms with van der Waals surface area (Å²) in [6.07, 6.45) is 0. The molecule has 0 saturated carbocycles. The molecule has 3 N–H and O–H groups in total. The number of nitrogens with zero attached hydrogens (tertiary/aromatic N) is 1. The predicted molar refractivity (Wildman–Crippen MR) is 45.9 cm³/mol. The van der Waals surface area contributed by atoms with Gasteiger partial charge in [0.2, 0.25) is 0 Å². The monoisotopic (exact) mass is 186 g/mol. The zero-order valence-electron chi connectivity index (χ0n) is 6.87. The average Bonchev–Trinajstić information content (AvgIpc) is 2.30. The van der Waals surface area contributed by atoms with E-state index in [1.807, 2.05) is 0 Å². The lowest BCUT2D eigenvalue weighted by Crippen LogP contribution is -2.17. The molecule has 1 aromatic heterocycles. The summed E-state index contributed by atoms with van der Waals surface area (Å²) in [5.74, 6) is -0.560. The van der Waals surface area contributed by atoms with Gasteiger partial charge in [-0.25, -0.2) is 4.98 Å². The number of aromatic nitrogens is 1. The van der Waals surface area contributed by atoms with Gasteiger partial charge in [0.25, 0.3) is 5.91 Å². The second kappa shape index (κ2) is 2.84. The number of carbonyl (C=O) groups is 1. The normalized spacial score (nSPS) is 11.6. The maximum atomic E-state index is 10.6. The van der Waals surface area contributed by atoms with E-state index in [9.17, 15) is 9.90 Å². The Morgan fingerprint density at radius 2 is 2.33 bits per heavy atom. The summed E-state index contributed by atoms with van der Waals surface area (Å²) in [5, 5.41) is 11.3. The fourth-order valence-corrected chi connectivity index (χ4v) is 1.50. The van der Waals surface area contributed by atoms with Crippen molar-refractivity contribution in [3.8, 4) is 0 Å². The van der Waals surface area contributed by atoms with Crippen LogP contribution in [0, 0.1) is 0 Å². The first-order valence-electron chi connectivity index (χ1n) is 3.39. The number of nitrogens with two attached hydrogens (primary N) is 1. The van der Waals surface area contributed by atoms with Crippen LogP contribution in [-0.2, 0) is 5.60 Å². The predicted octanol–water partition coefficient (Wildman–Crippen LogP) is 0.469. The molecule has 5 heteroatoms. The Labute approximate surface area is 74.0 Å². The molecule has 1 heterocycles. The van der Waals surface area contributed by atoms with Gasteiger partial charge in [-0.1, -0.05) is 0 Å². The molecule has 4 nitrogen and oxygen atoms in total. The van der Waals surface area contributed by atoms with Gasteiger partial charge in [-0.05, 0) is 13.8 Å². The second-order valence-electron chi connectivity index (χ2n) is 2.96. The zero-order chi connectivity index (χ0) is 9.35. The summed E-state index contributed by atoms with van der Waals surface area (Å²) < 4.78 is 0. The van der Waals surface area contributed by atoms with E-state index in [4.69, 9.17) is 5.73 Å². The summed E-state index contributed by atoms with van der Waals surface area (Å²) in [5.41, 5.74) is 4.46. The van der Waals surface area contributed by atoms with Crippen LogP contribution in [0.5, 0.6) is 0 Å². The first-order valence-corrected chi connectivity index (χ1v) is 4.27. The van der Waals surface area contributed by atoms with Gasteiger partial charge < -0.3 is 10.8 Å². The quantitative estimate of drug-likeness (QED) is 0.704. The highest BCUT2D eigenvalue weighted by molar-refractivity contribution is 7.11. The minimum absolute atomic E-state index is 0.229. The van der Waals surface area contributed by atoms with Gasteiger partial charge in [0.1, 0.15) is 5.60 Å². The van der Waals surface area contributed by atoms with Crippen molar-refractivity contribution in [2.75, 3.05) is 0 Å². The lowest BCUT2D eigenvalue weighted by atomic mass is 10.1. The van der Waals surface area contributed by atoms with E-state index >= 15 is 0 Å². The Morgan fingerprint density at radius 1 is 1.75 bits per heavy atom. The molecule has 0 aliphatic heterocycles. The van der Waals surface area contributed by atoms with Gasteiger partial charge in [0.05, 0.1) is 5.69 Å². The SMILES string of the molecule is CC(C)(O)c1csc(C(N)=O)n1. The largest absolute Gasteiger partial charge is 0.384 e. The third-order valence-electron chi connectivity index (χ3n) is 1.34. The van der Waals surface area contributed by atoms with Crippen LogP contribution in [0.1, 0.15) is 29.3 Å². The highest BCUT2D eigenvalue weighted by atomic mass is 32.1. The molecular weight excluding hydrogens is 176 g/mol. The van der Waals surface area contributed by atoms with Crippen LogP contribution in [0.15, 0.2) is 5.38 Å². The Kier molecular flexibility index (Phi) is 2.16. The summed E-state index contributed by atoms with van der Waals surface area (Å²) in [4.78, 5) is 14.5. The van der Waals surface area contributed by atoms with Crippen LogP contribution in [-0.4, -0.2) is 16.0 Å². The third-order valence-corrected chi connectivity index (χ3v) is 2.20. The molecular formula is C7H10N2O2S. The molecule has 0 radical (unpaired) electrons. The highest BCUT2D eigenvalue weighted by Gasteiger charge is 2.20. The molecule has 1 amide bonds. The molecule has 12 heavy (non-hydrogen) atoms. The molecule has 0 atom stereocenters. The molecule has 0 fully saturated rings. The van der Waals surface area contributed by atoms with Crippen LogP contribution in [0.2, 0.25) is 0 Å². The van der Waals surface area contributed by atoms with Crippen LogP contribution in [0.25, 0.3) is 0 Å². The van der Waals surface area contributed by atoms with Crippen molar-refractivity contribution >= 4 is 17.2 Å². The number of primary amides is 1. The Hall–Kier alpha value is -0.940. The van der Waals surface area contributed by atoms with Crippen LogP contribution in [0.3, 0.4) is 0 Å². The average molecular weight is 186 g/mol. The Balaban J connectivity index is 3.00. The molecule has 0 aromatic carbocycles. The summed E-state index contributed by atoms with van der Waals surface area (Å²) >= 11 is 1.14. The topological polar surface area (TPSA) is 76.2 Å². The van der Waals surface area contributed by atoms with E-state index in [0.29, 0.717) is 5.69 Å². The number of rotatable bonds is 2. The fourth-order valence-electron chi connectivity index (χ4n) is 0.668. The van der Waals surface area contributed by atoms with Crippen molar-refractivity contribution in [3.63, 3.8) is 0 Å². The van der Waals surface area contributed by atoms with E-state index in [-0.39, 0.29) is 5.01 Å². The van der Waals surface area contributed by atoms with Crippen LogP contribution < -0.4 is 5.73 Å². The van der Waals surface area contributed by atoms with Gasteiger partial charge in [0, 0.05) is 5.38 Å². The molecule has 0 spiro atoms. The number of carbonyl (C=O) groups excluding carboxylic acids is 1. The molecule has 0 saturated heterocycles. The van der Waals surface area contributed by atoms with Crippen molar-refractivity contribution in [3.05, 3.63) is 16.1 Å². The van der Waals surface area contributed by atoms with E-state index in [2.05, 4.69) is 4.98 Å². The molecule has 0 aliphatic carbocycles. The fraction of sp³-hybridized carbons (Fsp3) is 0.429. The van der Waals surface area contributed by atoms with E-state index in [1.54, 1.807) is 19.2 Å². The lowest BCUT2D eigenvalue weighted by Gasteiger charge is -2.12. The maximum Gasteiger partial charge on any atom is 0.277 e. The summed E-state index contributed by atoms with van der Waals surface area (Å²) in [6.45, 7) is 3.21.